The Kier molecular flexibility index (Phi) is 6.19. The van der Waals surface area contributed by atoms with Crippen molar-refractivity contribution in [2.75, 3.05) is 0 Å². The summed E-state index contributed by atoms with van der Waals surface area (Å²) >= 11 is 0. The number of hydrogen-bond donors (Lipinski definition) is 0. The van der Waals surface area contributed by atoms with Crippen LogP contribution in [-0.4, -0.2) is 0 Å². The Bertz CT molecular complexity index is 1280. The van der Waals surface area contributed by atoms with Crippen LogP contribution in [0.3, 0.4) is 0 Å². The maximum atomic E-state index is 15.1. The number of aryl methyl sites for hydroxylation is 3. The number of hydrogen-bond acceptors (Lipinski definition) is 0. The highest BCUT2D eigenvalue weighted by atomic mass is 19.4. The minimum absolute atomic E-state index is 0.00371. The molecule has 0 spiro atoms. The molecule has 6 heteroatoms. The summed E-state index contributed by atoms with van der Waals surface area (Å²) in [6.45, 7) is 2.08. The van der Waals surface area contributed by atoms with Crippen molar-refractivity contribution in [3.05, 3.63) is 106 Å². The maximum Gasteiger partial charge on any atom is 0.422 e. The molecule has 0 N–H and O–H groups in total. The highest BCUT2D eigenvalue weighted by molar-refractivity contribution is 5.88. The SMILES string of the molecule is CCc1ccc(-c2ccc3c(F)c(CCc4cc(F)c(C(F)(F)F)c(F)c4)ccc3c2)cc1. The normalized spacial score (nSPS) is 11.8. The third-order valence-corrected chi connectivity index (χ3v) is 5.80. The quantitative estimate of drug-likeness (QED) is 0.264. The van der Waals surface area contributed by atoms with Crippen molar-refractivity contribution in [2.45, 2.75) is 32.4 Å². The molecular formula is C27H20F6. The number of benzene rings is 4. The molecule has 0 saturated heterocycles. The molecule has 0 atom stereocenters. The van der Waals surface area contributed by atoms with Gasteiger partial charge in [0.25, 0.3) is 0 Å². The minimum atomic E-state index is -5.12. The monoisotopic (exact) mass is 458 g/mol. The first-order chi connectivity index (χ1) is 15.7. The van der Waals surface area contributed by atoms with Crippen molar-refractivity contribution in [1.82, 2.24) is 0 Å². The van der Waals surface area contributed by atoms with E-state index in [4.69, 9.17) is 0 Å². The van der Waals surface area contributed by atoms with Crippen LogP contribution in [0, 0.1) is 17.5 Å². The van der Waals surface area contributed by atoms with Crippen LogP contribution < -0.4 is 0 Å². The van der Waals surface area contributed by atoms with Crippen LogP contribution in [-0.2, 0) is 25.4 Å². The molecule has 0 aromatic heterocycles. The van der Waals surface area contributed by atoms with Gasteiger partial charge in [-0.05, 0) is 70.7 Å². The molecular weight excluding hydrogens is 438 g/mol. The molecule has 0 aliphatic rings. The van der Waals surface area contributed by atoms with Gasteiger partial charge in [0.05, 0.1) is 0 Å². The molecule has 0 aliphatic carbocycles. The summed E-state index contributed by atoms with van der Waals surface area (Å²) in [5.74, 6) is -3.79. The molecule has 0 fully saturated rings. The third-order valence-electron chi connectivity index (χ3n) is 5.80. The average Bonchev–Trinajstić information content (AvgIpc) is 2.77. The molecule has 0 heterocycles. The Morgan fingerprint density at radius 2 is 1.30 bits per heavy atom. The van der Waals surface area contributed by atoms with Gasteiger partial charge in [-0.2, -0.15) is 13.2 Å². The van der Waals surface area contributed by atoms with Crippen LogP contribution in [0.2, 0.25) is 0 Å². The van der Waals surface area contributed by atoms with Crippen molar-refractivity contribution >= 4 is 10.8 Å². The lowest BCUT2D eigenvalue weighted by atomic mass is 9.96. The molecule has 4 rings (SSSR count). The zero-order valence-electron chi connectivity index (χ0n) is 17.7. The van der Waals surface area contributed by atoms with Gasteiger partial charge in [0, 0.05) is 5.39 Å². The summed E-state index contributed by atoms with van der Waals surface area (Å²) in [4.78, 5) is 0. The summed E-state index contributed by atoms with van der Waals surface area (Å²) in [5.41, 5.74) is 1.64. The van der Waals surface area contributed by atoms with Crippen molar-refractivity contribution < 1.29 is 26.3 Å². The summed E-state index contributed by atoms with van der Waals surface area (Å²) in [5, 5.41) is 1.12. The average molecular weight is 458 g/mol. The van der Waals surface area contributed by atoms with Crippen LogP contribution >= 0.6 is 0 Å². The second kappa shape index (κ2) is 8.93. The van der Waals surface area contributed by atoms with Crippen molar-refractivity contribution in [1.29, 1.82) is 0 Å². The summed E-state index contributed by atoms with van der Waals surface area (Å²) in [6.07, 6.45) is -4.09. The Balaban J connectivity index is 1.57. The standard InChI is InChI=1S/C27H20F6/c1-2-16-3-6-18(7-4-16)20-11-12-22-21(15-20)10-9-19(26(22)30)8-5-17-13-23(28)25(24(29)14-17)27(31,32)33/h3-4,6-7,9-15H,2,5,8H2,1H3. The Morgan fingerprint density at radius 3 is 1.91 bits per heavy atom. The highest BCUT2D eigenvalue weighted by Gasteiger charge is 2.37. The number of fused-ring (bicyclic) bond motifs is 1. The first kappa shape index (κ1) is 22.9. The van der Waals surface area contributed by atoms with Gasteiger partial charge in [-0.25, -0.2) is 13.2 Å². The molecule has 0 radical (unpaired) electrons. The molecule has 0 saturated carbocycles. The van der Waals surface area contributed by atoms with Crippen LogP contribution in [0.15, 0.2) is 66.7 Å². The summed E-state index contributed by atoms with van der Waals surface area (Å²) in [7, 11) is 0. The second-order valence-electron chi connectivity index (χ2n) is 7.96. The lowest BCUT2D eigenvalue weighted by molar-refractivity contribution is -0.142. The maximum absolute atomic E-state index is 15.1. The minimum Gasteiger partial charge on any atom is -0.206 e. The van der Waals surface area contributed by atoms with Gasteiger partial charge in [0.15, 0.2) is 0 Å². The zero-order valence-corrected chi connectivity index (χ0v) is 17.7. The molecule has 170 valence electrons. The van der Waals surface area contributed by atoms with Crippen molar-refractivity contribution in [2.24, 2.45) is 0 Å². The van der Waals surface area contributed by atoms with Gasteiger partial charge in [-0.3, -0.25) is 0 Å². The molecule has 0 aliphatic heterocycles. The third kappa shape index (κ3) is 4.75. The Labute approximate surface area is 187 Å². The first-order valence-electron chi connectivity index (χ1n) is 10.5. The van der Waals surface area contributed by atoms with Gasteiger partial charge in [0.2, 0.25) is 0 Å². The van der Waals surface area contributed by atoms with Crippen LogP contribution in [0.4, 0.5) is 26.3 Å². The smallest absolute Gasteiger partial charge is 0.206 e. The summed E-state index contributed by atoms with van der Waals surface area (Å²) < 4.78 is 80.9. The first-order valence-corrected chi connectivity index (χ1v) is 10.5. The molecule has 33 heavy (non-hydrogen) atoms. The Morgan fingerprint density at radius 1 is 0.667 bits per heavy atom. The van der Waals surface area contributed by atoms with E-state index in [9.17, 15) is 22.0 Å². The molecule has 0 nitrogen and oxygen atoms in total. The largest absolute Gasteiger partial charge is 0.422 e. The van der Waals surface area contributed by atoms with Crippen molar-refractivity contribution in [3.63, 3.8) is 0 Å². The fourth-order valence-electron chi connectivity index (χ4n) is 3.96. The van der Waals surface area contributed by atoms with Gasteiger partial charge in [-0.1, -0.05) is 55.5 Å². The molecule has 0 amide bonds. The van der Waals surface area contributed by atoms with Crippen molar-refractivity contribution in [3.8, 4) is 11.1 Å². The van der Waals surface area contributed by atoms with E-state index in [1.54, 1.807) is 18.2 Å². The van der Waals surface area contributed by atoms with E-state index in [1.807, 2.05) is 24.3 Å². The lowest BCUT2D eigenvalue weighted by Crippen LogP contribution is -2.12. The number of halogens is 6. The highest BCUT2D eigenvalue weighted by Crippen LogP contribution is 2.34. The van der Waals surface area contributed by atoms with Gasteiger partial charge in [-0.15, -0.1) is 0 Å². The molecule has 0 unspecified atom stereocenters. The van der Waals surface area contributed by atoms with Gasteiger partial charge >= 0.3 is 6.18 Å². The predicted molar refractivity (Wildman–Crippen MR) is 117 cm³/mol. The lowest BCUT2D eigenvalue weighted by Gasteiger charge is -2.12. The second-order valence-corrected chi connectivity index (χ2v) is 7.96. The van der Waals surface area contributed by atoms with E-state index < -0.39 is 29.2 Å². The van der Waals surface area contributed by atoms with Crippen LogP contribution in [0.1, 0.15) is 29.2 Å². The molecule has 4 aromatic rings. The van der Waals surface area contributed by atoms with Gasteiger partial charge < -0.3 is 0 Å². The number of rotatable bonds is 5. The van der Waals surface area contributed by atoms with E-state index in [1.165, 1.54) is 5.56 Å². The molecule has 4 aromatic carbocycles. The van der Waals surface area contributed by atoms with E-state index in [2.05, 4.69) is 19.1 Å². The summed E-state index contributed by atoms with van der Waals surface area (Å²) in [6, 6.07) is 18.2. The van der Waals surface area contributed by atoms with E-state index in [0.29, 0.717) is 28.5 Å². The van der Waals surface area contributed by atoms with Crippen LogP contribution in [0.25, 0.3) is 21.9 Å². The van der Waals surface area contributed by atoms with Gasteiger partial charge in [0.1, 0.15) is 23.0 Å². The van der Waals surface area contributed by atoms with Crippen LogP contribution in [0.5, 0.6) is 0 Å². The molecule has 0 bridgehead atoms. The zero-order chi connectivity index (χ0) is 23.8. The number of alkyl halides is 3. The predicted octanol–water partition coefficient (Wildman–Crippen LogP) is 8.29. The fourth-order valence-corrected chi connectivity index (χ4v) is 3.96. The topological polar surface area (TPSA) is 0 Å². The van der Waals surface area contributed by atoms with E-state index in [0.717, 1.165) is 17.5 Å². The van der Waals surface area contributed by atoms with E-state index >= 15 is 4.39 Å². The Hall–Kier alpha value is -3.28. The fraction of sp³-hybridized carbons (Fsp3) is 0.185. The van der Waals surface area contributed by atoms with E-state index in [-0.39, 0.29) is 18.4 Å².